The maximum atomic E-state index is 11.7. The number of rotatable bonds is 3. The highest BCUT2D eigenvalue weighted by Crippen LogP contribution is 2.11. The summed E-state index contributed by atoms with van der Waals surface area (Å²) in [4.78, 5) is 10.8. The largest absolute Gasteiger partial charge is 0.405 e. The molecule has 0 spiro atoms. The van der Waals surface area contributed by atoms with E-state index in [9.17, 15) is 18.0 Å². The number of nitrogens with one attached hydrogen (secondary N) is 3. The van der Waals surface area contributed by atoms with E-state index in [4.69, 9.17) is 0 Å². The number of aromatic nitrogens is 2. The van der Waals surface area contributed by atoms with Gasteiger partial charge in [-0.2, -0.15) is 18.3 Å². The van der Waals surface area contributed by atoms with Crippen molar-refractivity contribution in [2.45, 2.75) is 12.7 Å². The molecular formula is C7H9F3N4O. The first-order chi connectivity index (χ1) is 6.97. The molecule has 1 heterocycles. The van der Waals surface area contributed by atoms with Crippen LogP contribution in [0.5, 0.6) is 0 Å². The summed E-state index contributed by atoms with van der Waals surface area (Å²) in [7, 11) is 0. The molecule has 0 fully saturated rings. The summed E-state index contributed by atoms with van der Waals surface area (Å²) in [5, 5.41) is 10.1. The van der Waals surface area contributed by atoms with Crippen LogP contribution in [0, 0.1) is 0 Å². The van der Waals surface area contributed by atoms with Crippen LogP contribution in [0.1, 0.15) is 5.69 Å². The standard InChI is InChI=1S/C7H9F3N4O/c8-7(9,10)4-12-6(15)11-3-5-1-2-13-14-5/h1-2H,3-4H2,(H,13,14)(H2,11,12,15). The molecule has 0 aliphatic rings. The number of H-pyrrole nitrogens is 1. The minimum atomic E-state index is -4.40. The van der Waals surface area contributed by atoms with Crippen LogP contribution < -0.4 is 10.6 Å². The van der Waals surface area contributed by atoms with Gasteiger partial charge in [-0.25, -0.2) is 4.79 Å². The van der Waals surface area contributed by atoms with Crippen molar-refractivity contribution in [3.63, 3.8) is 0 Å². The highest BCUT2D eigenvalue weighted by Gasteiger charge is 2.27. The predicted octanol–water partition coefficient (Wildman–Crippen LogP) is 0.771. The summed E-state index contributed by atoms with van der Waals surface area (Å²) in [6.45, 7) is -1.24. The van der Waals surface area contributed by atoms with E-state index in [-0.39, 0.29) is 6.54 Å². The summed E-state index contributed by atoms with van der Waals surface area (Å²) in [6, 6.07) is 0.728. The first-order valence-electron chi connectivity index (χ1n) is 4.04. The zero-order valence-corrected chi connectivity index (χ0v) is 7.56. The van der Waals surface area contributed by atoms with Gasteiger partial charge in [0.2, 0.25) is 0 Å². The molecule has 15 heavy (non-hydrogen) atoms. The van der Waals surface area contributed by atoms with Crippen LogP contribution in [-0.4, -0.2) is 28.9 Å². The van der Waals surface area contributed by atoms with E-state index in [0.29, 0.717) is 5.69 Å². The molecule has 0 aliphatic carbocycles. The van der Waals surface area contributed by atoms with E-state index in [1.807, 2.05) is 0 Å². The van der Waals surface area contributed by atoms with Gasteiger partial charge in [-0.15, -0.1) is 0 Å². The van der Waals surface area contributed by atoms with Gasteiger partial charge in [0, 0.05) is 6.20 Å². The Hall–Kier alpha value is -1.73. The molecule has 2 amide bonds. The van der Waals surface area contributed by atoms with Crippen molar-refractivity contribution in [3.05, 3.63) is 18.0 Å². The molecule has 0 atom stereocenters. The van der Waals surface area contributed by atoms with Crippen LogP contribution in [0.25, 0.3) is 0 Å². The predicted molar refractivity (Wildman–Crippen MR) is 44.9 cm³/mol. The lowest BCUT2D eigenvalue weighted by molar-refractivity contribution is -0.122. The average molecular weight is 222 g/mol. The number of halogens is 3. The Morgan fingerprint density at radius 2 is 2.20 bits per heavy atom. The molecule has 8 heteroatoms. The summed E-state index contributed by atoms with van der Waals surface area (Å²) < 4.78 is 35.0. The number of alkyl halides is 3. The molecule has 0 bridgehead atoms. The van der Waals surface area contributed by atoms with Crippen molar-refractivity contribution in [1.82, 2.24) is 20.8 Å². The lowest BCUT2D eigenvalue weighted by atomic mass is 10.4. The van der Waals surface area contributed by atoms with Crippen LogP contribution >= 0.6 is 0 Å². The quantitative estimate of drug-likeness (QED) is 0.707. The van der Waals surface area contributed by atoms with Crippen molar-refractivity contribution in [3.8, 4) is 0 Å². The van der Waals surface area contributed by atoms with E-state index in [2.05, 4.69) is 15.5 Å². The normalized spacial score (nSPS) is 11.1. The summed E-state index contributed by atoms with van der Waals surface area (Å²) >= 11 is 0. The third-order valence-electron chi connectivity index (χ3n) is 1.45. The molecular weight excluding hydrogens is 213 g/mol. The summed E-state index contributed by atoms with van der Waals surface area (Å²) in [5.41, 5.74) is 0.608. The Morgan fingerprint density at radius 3 is 2.73 bits per heavy atom. The molecule has 0 aromatic carbocycles. The fraction of sp³-hybridized carbons (Fsp3) is 0.429. The number of urea groups is 1. The van der Waals surface area contributed by atoms with Gasteiger partial charge in [-0.05, 0) is 6.07 Å². The van der Waals surface area contributed by atoms with Crippen molar-refractivity contribution in [2.75, 3.05) is 6.54 Å². The molecule has 0 saturated heterocycles. The lowest BCUT2D eigenvalue weighted by Crippen LogP contribution is -2.40. The van der Waals surface area contributed by atoms with Crippen LogP contribution in [0.3, 0.4) is 0 Å². The topological polar surface area (TPSA) is 69.8 Å². The first-order valence-corrected chi connectivity index (χ1v) is 4.04. The molecule has 0 unspecified atom stereocenters. The number of aromatic amines is 1. The number of carbonyl (C=O) groups excluding carboxylic acids is 1. The molecule has 3 N–H and O–H groups in total. The first kappa shape index (κ1) is 11.3. The fourth-order valence-electron chi connectivity index (χ4n) is 0.802. The van der Waals surface area contributed by atoms with E-state index in [0.717, 1.165) is 0 Å². The molecule has 0 radical (unpaired) electrons. The number of carbonyl (C=O) groups is 1. The molecule has 1 aromatic heterocycles. The summed E-state index contributed by atoms with van der Waals surface area (Å²) in [5.74, 6) is 0. The minimum Gasteiger partial charge on any atom is -0.333 e. The van der Waals surface area contributed by atoms with Crippen LogP contribution in [0.15, 0.2) is 12.3 Å². The van der Waals surface area contributed by atoms with Crippen molar-refractivity contribution < 1.29 is 18.0 Å². The van der Waals surface area contributed by atoms with Crippen molar-refractivity contribution >= 4 is 6.03 Å². The Balaban J connectivity index is 2.20. The van der Waals surface area contributed by atoms with Crippen molar-refractivity contribution in [2.24, 2.45) is 0 Å². The molecule has 5 nitrogen and oxygen atoms in total. The Bertz CT molecular complexity index is 309. The SMILES string of the molecule is O=C(NCc1ccn[nH]1)NCC(F)(F)F. The Kier molecular flexibility index (Phi) is 3.53. The van der Waals surface area contributed by atoms with E-state index >= 15 is 0 Å². The van der Waals surface area contributed by atoms with Gasteiger partial charge in [0.15, 0.2) is 0 Å². The van der Waals surface area contributed by atoms with Crippen LogP contribution in [-0.2, 0) is 6.54 Å². The second kappa shape index (κ2) is 4.67. The van der Waals surface area contributed by atoms with E-state index in [1.165, 1.54) is 6.20 Å². The van der Waals surface area contributed by atoms with E-state index < -0.39 is 18.8 Å². The zero-order valence-electron chi connectivity index (χ0n) is 7.56. The van der Waals surface area contributed by atoms with Gasteiger partial charge in [0.25, 0.3) is 0 Å². The third-order valence-corrected chi connectivity index (χ3v) is 1.45. The van der Waals surface area contributed by atoms with Gasteiger partial charge in [0.05, 0.1) is 12.2 Å². The van der Waals surface area contributed by atoms with Gasteiger partial charge >= 0.3 is 12.2 Å². The highest BCUT2D eigenvalue weighted by atomic mass is 19.4. The molecule has 1 rings (SSSR count). The highest BCUT2D eigenvalue weighted by molar-refractivity contribution is 5.73. The van der Waals surface area contributed by atoms with Gasteiger partial charge < -0.3 is 10.6 Å². The molecule has 0 aliphatic heterocycles. The number of nitrogens with zero attached hydrogens (tertiary/aromatic N) is 1. The average Bonchev–Trinajstić information content (AvgIpc) is 2.62. The summed E-state index contributed by atoms with van der Waals surface area (Å²) in [6.07, 6.45) is -2.92. The van der Waals surface area contributed by atoms with E-state index in [1.54, 1.807) is 11.4 Å². The zero-order chi connectivity index (χ0) is 11.3. The smallest absolute Gasteiger partial charge is 0.333 e. The molecule has 0 saturated carbocycles. The molecule has 84 valence electrons. The number of amides is 2. The minimum absolute atomic E-state index is 0.101. The molecule has 1 aromatic rings. The van der Waals surface area contributed by atoms with Crippen molar-refractivity contribution in [1.29, 1.82) is 0 Å². The Labute approximate surface area is 83.0 Å². The maximum absolute atomic E-state index is 11.7. The fourth-order valence-corrected chi connectivity index (χ4v) is 0.802. The maximum Gasteiger partial charge on any atom is 0.405 e. The number of hydrogen-bond acceptors (Lipinski definition) is 2. The van der Waals surface area contributed by atoms with Gasteiger partial charge in [-0.1, -0.05) is 0 Å². The number of hydrogen-bond donors (Lipinski definition) is 3. The monoisotopic (exact) mass is 222 g/mol. The second-order valence-corrected chi connectivity index (χ2v) is 2.73. The lowest BCUT2D eigenvalue weighted by Gasteiger charge is -2.08. The van der Waals surface area contributed by atoms with Crippen LogP contribution in [0.4, 0.5) is 18.0 Å². The third kappa shape index (κ3) is 4.89. The van der Waals surface area contributed by atoms with Crippen LogP contribution in [0.2, 0.25) is 0 Å². The Morgan fingerprint density at radius 1 is 1.47 bits per heavy atom. The van der Waals surface area contributed by atoms with Gasteiger partial charge in [-0.3, -0.25) is 5.10 Å². The second-order valence-electron chi connectivity index (χ2n) is 2.73. The van der Waals surface area contributed by atoms with Gasteiger partial charge in [0.1, 0.15) is 6.54 Å².